The number of benzene rings is 1. The number of halogens is 1. The molecule has 1 aliphatic carbocycles. The Morgan fingerprint density at radius 1 is 1.07 bits per heavy atom. The summed E-state index contributed by atoms with van der Waals surface area (Å²) in [5.74, 6) is 0. The lowest BCUT2D eigenvalue weighted by atomic mass is 10.00. The van der Waals surface area contributed by atoms with E-state index in [2.05, 4.69) is 30.3 Å². The SMILES string of the molecule is ClC1CCCCC1Sc1ccccc1. The number of alkyl halides is 1. The molecule has 0 nitrogen and oxygen atoms in total. The second-order valence-corrected chi connectivity index (χ2v) is 5.64. The van der Waals surface area contributed by atoms with Crippen LogP contribution >= 0.6 is 23.4 Å². The van der Waals surface area contributed by atoms with Crippen LogP contribution in [-0.2, 0) is 0 Å². The van der Waals surface area contributed by atoms with Crippen molar-refractivity contribution < 1.29 is 0 Å². The molecule has 2 unspecified atom stereocenters. The van der Waals surface area contributed by atoms with Gasteiger partial charge in [-0.05, 0) is 25.0 Å². The predicted octanol–water partition coefficient (Wildman–Crippen LogP) is 4.33. The van der Waals surface area contributed by atoms with Gasteiger partial charge in [0.05, 0.1) is 0 Å². The molecule has 0 heterocycles. The van der Waals surface area contributed by atoms with E-state index in [1.807, 2.05) is 11.8 Å². The highest BCUT2D eigenvalue weighted by Crippen LogP contribution is 2.36. The summed E-state index contributed by atoms with van der Waals surface area (Å²) < 4.78 is 0. The maximum atomic E-state index is 6.31. The molecule has 1 fully saturated rings. The Morgan fingerprint density at radius 3 is 2.50 bits per heavy atom. The third-order valence-corrected chi connectivity index (χ3v) is 4.74. The standard InChI is InChI=1S/C12H15ClS/c13-11-8-4-5-9-12(11)14-10-6-2-1-3-7-10/h1-3,6-7,11-12H,4-5,8-9H2. The molecule has 2 rings (SSSR count). The summed E-state index contributed by atoms with van der Waals surface area (Å²) >= 11 is 8.25. The molecule has 2 atom stereocenters. The summed E-state index contributed by atoms with van der Waals surface area (Å²) in [7, 11) is 0. The van der Waals surface area contributed by atoms with Crippen LogP contribution in [0.3, 0.4) is 0 Å². The van der Waals surface area contributed by atoms with E-state index in [-0.39, 0.29) is 0 Å². The van der Waals surface area contributed by atoms with Crippen LogP contribution < -0.4 is 0 Å². The highest BCUT2D eigenvalue weighted by molar-refractivity contribution is 8.00. The Labute approximate surface area is 95.0 Å². The summed E-state index contributed by atoms with van der Waals surface area (Å²) in [6.45, 7) is 0. The van der Waals surface area contributed by atoms with E-state index in [1.165, 1.54) is 30.6 Å². The fourth-order valence-corrected chi connectivity index (χ4v) is 3.52. The third-order valence-electron chi connectivity index (χ3n) is 2.65. The Morgan fingerprint density at radius 2 is 1.79 bits per heavy atom. The highest BCUT2D eigenvalue weighted by atomic mass is 35.5. The van der Waals surface area contributed by atoms with Gasteiger partial charge < -0.3 is 0 Å². The van der Waals surface area contributed by atoms with Gasteiger partial charge in [0.15, 0.2) is 0 Å². The molecule has 0 aromatic heterocycles. The van der Waals surface area contributed by atoms with Gasteiger partial charge in [0.25, 0.3) is 0 Å². The predicted molar refractivity (Wildman–Crippen MR) is 64.2 cm³/mol. The Hall–Kier alpha value is -0.140. The molecule has 0 radical (unpaired) electrons. The van der Waals surface area contributed by atoms with Gasteiger partial charge in [-0.1, -0.05) is 31.0 Å². The molecule has 1 aliphatic rings. The van der Waals surface area contributed by atoms with Crippen LogP contribution in [0, 0.1) is 0 Å². The summed E-state index contributed by atoms with van der Waals surface area (Å²) in [5, 5.41) is 0.988. The van der Waals surface area contributed by atoms with E-state index in [9.17, 15) is 0 Å². The molecular formula is C12H15ClS. The lowest BCUT2D eigenvalue weighted by Crippen LogP contribution is -2.21. The van der Waals surface area contributed by atoms with Crippen molar-refractivity contribution in [3.8, 4) is 0 Å². The normalized spacial score (nSPS) is 27.5. The van der Waals surface area contributed by atoms with Gasteiger partial charge in [-0.2, -0.15) is 0 Å². The Balaban J connectivity index is 1.96. The third kappa shape index (κ3) is 2.68. The molecule has 1 aromatic rings. The quantitative estimate of drug-likeness (QED) is 0.677. The maximum absolute atomic E-state index is 6.31. The maximum Gasteiger partial charge on any atom is 0.0458 e. The average Bonchev–Trinajstić information content (AvgIpc) is 2.23. The lowest BCUT2D eigenvalue weighted by Gasteiger charge is -2.26. The number of hydrogen-bond donors (Lipinski definition) is 0. The minimum Gasteiger partial charge on any atom is -0.122 e. The topological polar surface area (TPSA) is 0 Å². The first-order valence-corrected chi connectivity index (χ1v) is 6.53. The average molecular weight is 227 g/mol. The van der Waals surface area contributed by atoms with Crippen molar-refractivity contribution in [2.24, 2.45) is 0 Å². The minimum absolute atomic E-state index is 0.369. The number of rotatable bonds is 2. The molecule has 0 aliphatic heterocycles. The van der Waals surface area contributed by atoms with E-state index in [4.69, 9.17) is 11.6 Å². The molecule has 0 spiro atoms. The zero-order chi connectivity index (χ0) is 9.80. The van der Waals surface area contributed by atoms with E-state index in [0.29, 0.717) is 10.6 Å². The van der Waals surface area contributed by atoms with Gasteiger partial charge >= 0.3 is 0 Å². The summed E-state index contributed by atoms with van der Waals surface area (Å²) in [6, 6.07) is 10.6. The molecule has 0 saturated heterocycles. The zero-order valence-electron chi connectivity index (χ0n) is 8.16. The van der Waals surface area contributed by atoms with Crippen molar-refractivity contribution in [3.63, 3.8) is 0 Å². The monoisotopic (exact) mass is 226 g/mol. The number of thioether (sulfide) groups is 1. The molecule has 76 valence electrons. The van der Waals surface area contributed by atoms with Crippen molar-refractivity contribution >= 4 is 23.4 Å². The lowest BCUT2D eigenvalue weighted by molar-refractivity contribution is 0.522. The van der Waals surface area contributed by atoms with Crippen molar-refractivity contribution in [2.75, 3.05) is 0 Å². The van der Waals surface area contributed by atoms with Crippen LogP contribution in [0.2, 0.25) is 0 Å². The van der Waals surface area contributed by atoms with Crippen molar-refractivity contribution in [1.29, 1.82) is 0 Å². The van der Waals surface area contributed by atoms with Gasteiger partial charge in [0.2, 0.25) is 0 Å². The first-order chi connectivity index (χ1) is 6.86. The van der Waals surface area contributed by atoms with E-state index in [0.717, 1.165) is 0 Å². The van der Waals surface area contributed by atoms with Crippen LogP contribution in [0.15, 0.2) is 35.2 Å². The van der Waals surface area contributed by atoms with Crippen LogP contribution in [-0.4, -0.2) is 10.6 Å². The second kappa shape index (κ2) is 5.09. The first-order valence-electron chi connectivity index (χ1n) is 5.22. The van der Waals surface area contributed by atoms with E-state index >= 15 is 0 Å². The van der Waals surface area contributed by atoms with Gasteiger partial charge in [-0.3, -0.25) is 0 Å². The highest BCUT2D eigenvalue weighted by Gasteiger charge is 2.23. The van der Waals surface area contributed by atoms with Gasteiger partial charge in [0.1, 0.15) is 0 Å². The van der Waals surface area contributed by atoms with Gasteiger partial charge in [-0.25, -0.2) is 0 Å². The molecule has 2 heteroatoms. The zero-order valence-corrected chi connectivity index (χ0v) is 9.73. The van der Waals surface area contributed by atoms with Crippen molar-refractivity contribution in [3.05, 3.63) is 30.3 Å². The Kier molecular flexibility index (Phi) is 3.77. The van der Waals surface area contributed by atoms with Gasteiger partial charge in [0, 0.05) is 15.5 Å². The smallest absolute Gasteiger partial charge is 0.0458 e. The number of hydrogen-bond acceptors (Lipinski definition) is 1. The van der Waals surface area contributed by atoms with Crippen molar-refractivity contribution in [2.45, 2.75) is 41.2 Å². The summed E-state index contributed by atoms with van der Waals surface area (Å²) in [4.78, 5) is 1.35. The fourth-order valence-electron chi connectivity index (χ4n) is 1.86. The van der Waals surface area contributed by atoms with Crippen LogP contribution in [0.25, 0.3) is 0 Å². The largest absolute Gasteiger partial charge is 0.122 e. The minimum atomic E-state index is 0.369. The van der Waals surface area contributed by atoms with Crippen LogP contribution in [0.1, 0.15) is 25.7 Å². The first kappa shape index (κ1) is 10.4. The summed E-state index contributed by atoms with van der Waals surface area (Å²) in [5.41, 5.74) is 0. The molecule has 0 amide bonds. The Bertz CT molecular complexity index is 273. The van der Waals surface area contributed by atoms with Crippen LogP contribution in [0.4, 0.5) is 0 Å². The van der Waals surface area contributed by atoms with Gasteiger partial charge in [-0.15, -0.1) is 23.4 Å². The fraction of sp³-hybridized carbons (Fsp3) is 0.500. The molecule has 14 heavy (non-hydrogen) atoms. The molecule has 0 bridgehead atoms. The van der Waals surface area contributed by atoms with E-state index in [1.54, 1.807) is 0 Å². The van der Waals surface area contributed by atoms with Crippen LogP contribution in [0.5, 0.6) is 0 Å². The molecule has 1 saturated carbocycles. The van der Waals surface area contributed by atoms with Crippen molar-refractivity contribution in [1.82, 2.24) is 0 Å². The molecular weight excluding hydrogens is 212 g/mol. The molecule has 0 N–H and O–H groups in total. The second-order valence-electron chi connectivity index (χ2n) is 3.77. The molecule has 1 aromatic carbocycles. The summed E-state index contributed by atoms with van der Waals surface area (Å²) in [6.07, 6.45) is 5.10. The van der Waals surface area contributed by atoms with E-state index < -0.39 is 0 Å².